The summed E-state index contributed by atoms with van der Waals surface area (Å²) < 4.78 is 4.70. The number of nitrogens with zero attached hydrogens (tertiary/aromatic N) is 1. The Kier molecular flexibility index (Phi) is 5.20. The molecule has 23 heavy (non-hydrogen) atoms. The van der Waals surface area contributed by atoms with Crippen LogP contribution in [0.15, 0.2) is 11.3 Å². The lowest BCUT2D eigenvalue weighted by Gasteiger charge is -2.44. The number of carbonyl (C=O) groups excluding carboxylic acids is 2. The molecule has 0 aromatic heterocycles. The van der Waals surface area contributed by atoms with Gasteiger partial charge in [0.2, 0.25) is 5.91 Å². The van der Waals surface area contributed by atoms with Crippen molar-refractivity contribution in [3.63, 3.8) is 0 Å². The summed E-state index contributed by atoms with van der Waals surface area (Å²) in [5, 5.41) is 19.0. The SMILES string of the molecule is CC(COC(N)=O)SCC1=C(C(=O)O)N2C(=O)C(C(C)O)C2C1. The first-order valence-corrected chi connectivity index (χ1v) is 8.29. The predicted octanol–water partition coefficient (Wildman–Crippen LogP) is 0.154. The zero-order chi connectivity index (χ0) is 17.3. The first-order chi connectivity index (χ1) is 10.7. The standard InChI is InChI=1S/C14H20N2O6S/c1-6(4-22-14(15)21)23-5-8-3-9-10(7(2)17)12(18)16(9)11(8)13(19)20/h6-7,9-10,17H,3-5H2,1-2H3,(H2,15,21)(H,19,20). The summed E-state index contributed by atoms with van der Waals surface area (Å²) in [7, 11) is 0. The quantitative estimate of drug-likeness (QED) is 0.561. The molecule has 9 heteroatoms. The number of thioether (sulfide) groups is 1. The van der Waals surface area contributed by atoms with Crippen molar-refractivity contribution in [3.8, 4) is 0 Å². The number of fused-ring (bicyclic) bond motifs is 1. The number of hydrogen-bond acceptors (Lipinski definition) is 6. The highest BCUT2D eigenvalue weighted by molar-refractivity contribution is 8.00. The highest BCUT2D eigenvalue weighted by Gasteiger charge is 2.56. The molecule has 0 aliphatic carbocycles. The second kappa shape index (κ2) is 6.79. The molecule has 0 radical (unpaired) electrons. The monoisotopic (exact) mass is 344 g/mol. The van der Waals surface area contributed by atoms with E-state index in [-0.39, 0.29) is 29.5 Å². The van der Waals surface area contributed by atoms with Crippen LogP contribution in [-0.4, -0.2) is 62.8 Å². The summed E-state index contributed by atoms with van der Waals surface area (Å²) in [6.45, 7) is 3.51. The molecule has 0 aromatic rings. The molecule has 0 bridgehead atoms. The molecular weight excluding hydrogens is 324 g/mol. The molecule has 2 aliphatic rings. The van der Waals surface area contributed by atoms with Crippen LogP contribution in [0, 0.1) is 5.92 Å². The number of aliphatic hydroxyl groups is 1. The molecule has 1 saturated heterocycles. The molecule has 4 N–H and O–H groups in total. The van der Waals surface area contributed by atoms with E-state index in [4.69, 9.17) is 10.5 Å². The van der Waals surface area contributed by atoms with Crippen LogP contribution < -0.4 is 5.73 Å². The van der Waals surface area contributed by atoms with Crippen molar-refractivity contribution < 1.29 is 29.3 Å². The van der Waals surface area contributed by atoms with Crippen LogP contribution in [-0.2, 0) is 14.3 Å². The Bertz CT molecular complexity index is 561. The summed E-state index contributed by atoms with van der Waals surface area (Å²) in [6, 6.07) is -0.277. The van der Waals surface area contributed by atoms with Crippen LogP contribution in [0.25, 0.3) is 0 Å². The fourth-order valence-corrected chi connectivity index (χ4v) is 3.89. The number of primary amides is 1. The smallest absolute Gasteiger partial charge is 0.404 e. The van der Waals surface area contributed by atoms with Crippen molar-refractivity contribution in [1.29, 1.82) is 0 Å². The average Bonchev–Trinajstić information content (AvgIpc) is 2.76. The number of carboxylic acid groups (broad SMARTS) is 1. The number of aliphatic hydroxyl groups excluding tert-OH is 1. The van der Waals surface area contributed by atoms with Crippen LogP contribution in [0.3, 0.4) is 0 Å². The Morgan fingerprint density at radius 3 is 2.65 bits per heavy atom. The van der Waals surface area contributed by atoms with Crippen molar-refractivity contribution in [3.05, 3.63) is 11.3 Å². The van der Waals surface area contributed by atoms with Crippen molar-refractivity contribution >= 4 is 29.7 Å². The topological polar surface area (TPSA) is 130 Å². The third-order valence-electron chi connectivity index (χ3n) is 4.02. The van der Waals surface area contributed by atoms with Gasteiger partial charge in [-0.05, 0) is 25.8 Å². The van der Waals surface area contributed by atoms with Gasteiger partial charge in [0.15, 0.2) is 0 Å². The number of carbonyl (C=O) groups is 3. The molecule has 4 atom stereocenters. The van der Waals surface area contributed by atoms with E-state index in [1.807, 2.05) is 6.92 Å². The number of hydrogen-bond donors (Lipinski definition) is 3. The molecule has 0 saturated carbocycles. The number of rotatable bonds is 7. The average molecular weight is 344 g/mol. The molecule has 8 nitrogen and oxygen atoms in total. The number of ether oxygens (including phenoxy) is 1. The van der Waals surface area contributed by atoms with Crippen molar-refractivity contribution in [1.82, 2.24) is 4.90 Å². The molecule has 4 unspecified atom stereocenters. The number of nitrogens with two attached hydrogens (primary N) is 1. The summed E-state index contributed by atoms with van der Waals surface area (Å²) in [5.74, 6) is -1.60. The van der Waals surface area contributed by atoms with Crippen molar-refractivity contribution in [2.45, 2.75) is 37.7 Å². The van der Waals surface area contributed by atoms with Gasteiger partial charge in [-0.15, -0.1) is 0 Å². The van der Waals surface area contributed by atoms with Crippen LogP contribution >= 0.6 is 11.8 Å². The second-order valence-electron chi connectivity index (χ2n) is 5.76. The molecule has 2 rings (SSSR count). The minimum atomic E-state index is -1.14. The Hall–Kier alpha value is -1.74. The van der Waals surface area contributed by atoms with Crippen LogP contribution in [0.4, 0.5) is 4.79 Å². The van der Waals surface area contributed by atoms with E-state index < -0.39 is 24.1 Å². The third kappa shape index (κ3) is 3.45. The largest absolute Gasteiger partial charge is 0.477 e. The summed E-state index contributed by atoms with van der Waals surface area (Å²) >= 11 is 1.43. The predicted molar refractivity (Wildman–Crippen MR) is 82.5 cm³/mol. The highest BCUT2D eigenvalue weighted by atomic mass is 32.2. The first-order valence-electron chi connectivity index (χ1n) is 7.24. The molecule has 0 spiro atoms. The number of carboxylic acids is 1. The van der Waals surface area contributed by atoms with E-state index in [0.29, 0.717) is 17.7 Å². The summed E-state index contributed by atoms with van der Waals surface area (Å²) in [4.78, 5) is 35.4. The number of amides is 2. The van der Waals surface area contributed by atoms with Gasteiger partial charge in [0.1, 0.15) is 12.3 Å². The normalized spacial score (nSPS) is 25.7. The van der Waals surface area contributed by atoms with Gasteiger partial charge in [-0.1, -0.05) is 0 Å². The lowest BCUT2D eigenvalue weighted by Crippen LogP contribution is -2.61. The lowest BCUT2D eigenvalue weighted by molar-refractivity contribution is -0.161. The number of aliphatic carboxylic acids is 1. The van der Waals surface area contributed by atoms with Crippen molar-refractivity contribution in [2.24, 2.45) is 11.7 Å². The fourth-order valence-electron chi connectivity index (χ4n) is 2.98. The fraction of sp³-hybridized carbons (Fsp3) is 0.643. The van der Waals surface area contributed by atoms with E-state index >= 15 is 0 Å². The molecule has 2 heterocycles. The molecule has 0 aromatic carbocycles. The van der Waals surface area contributed by atoms with Crippen LogP contribution in [0.2, 0.25) is 0 Å². The maximum Gasteiger partial charge on any atom is 0.404 e. The third-order valence-corrected chi connectivity index (χ3v) is 5.25. The van der Waals surface area contributed by atoms with Crippen LogP contribution in [0.1, 0.15) is 20.3 Å². The van der Waals surface area contributed by atoms with Gasteiger partial charge in [-0.3, -0.25) is 4.79 Å². The van der Waals surface area contributed by atoms with E-state index in [9.17, 15) is 24.6 Å². The summed E-state index contributed by atoms with van der Waals surface area (Å²) in [6.07, 6.45) is -1.20. The van der Waals surface area contributed by atoms with Gasteiger partial charge < -0.3 is 25.6 Å². The van der Waals surface area contributed by atoms with Gasteiger partial charge in [-0.25, -0.2) is 9.59 Å². The highest BCUT2D eigenvalue weighted by Crippen LogP contribution is 2.44. The molecular formula is C14H20N2O6S. The molecule has 1 fully saturated rings. The maximum absolute atomic E-state index is 12.1. The minimum absolute atomic E-state index is 0.0208. The number of β-lactam (4-membered cyclic amide) rings is 1. The van der Waals surface area contributed by atoms with Crippen LogP contribution in [0.5, 0.6) is 0 Å². The Labute approximate surface area is 137 Å². The molecule has 2 amide bonds. The Morgan fingerprint density at radius 1 is 1.48 bits per heavy atom. The Morgan fingerprint density at radius 2 is 2.13 bits per heavy atom. The van der Waals surface area contributed by atoms with Gasteiger partial charge in [0.05, 0.1) is 18.1 Å². The zero-order valence-corrected chi connectivity index (χ0v) is 13.7. The van der Waals surface area contributed by atoms with E-state index in [1.54, 1.807) is 0 Å². The Balaban J connectivity index is 2.02. The summed E-state index contributed by atoms with van der Waals surface area (Å²) in [5.41, 5.74) is 5.58. The van der Waals surface area contributed by atoms with Gasteiger partial charge >= 0.3 is 12.1 Å². The van der Waals surface area contributed by atoms with E-state index in [1.165, 1.54) is 23.6 Å². The van der Waals surface area contributed by atoms with E-state index in [0.717, 1.165) is 0 Å². The minimum Gasteiger partial charge on any atom is -0.477 e. The molecule has 128 valence electrons. The first kappa shape index (κ1) is 17.6. The van der Waals surface area contributed by atoms with Gasteiger partial charge in [0, 0.05) is 11.0 Å². The second-order valence-corrected chi connectivity index (χ2v) is 7.18. The maximum atomic E-state index is 12.1. The molecule has 2 aliphatic heterocycles. The lowest BCUT2D eigenvalue weighted by atomic mass is 9.83. The van der Waals surface area contributed by atoms with E-state index in [2.05, 4.69) is 0 Å². The zero-order valence-electron chi connectivity index (χ0n) is 12.9. The van der Waals surface area contributed by atoms with Gasteiger partial charge in [-0.2, -0.15) is 11.8 Å². The van der Waals surface area contributed by atoms with Crippen molar-refractivity contribution in [2.75, 3.05) is 12.4 Å². The van der Waals surface area contributed by atoms with Gasteiger partial charge in [0.25, 0.3) is 0 Å².